The number of carboxylic acid groups (broad SMARTS) is 1. The highest BCUT2D eigenvalue weighted by molar-refractivity contribution is 5.74. The van der Waals surface area contributed by atoms with Gasteiger partial charge in [-0.25, -0.2) is 0 Å². The van der Waals surface area contributed by atoms with E-state index in [1.807, 2.05) is 30.3 Å². The highest BCUT2D eigenvalue weighted by Gasteiger charge is 2.47. The molecule has 1 aromatic rings. The summed E-state index contributed by atoms with van der Waals surface area (Å²) in [5.74, 6) is -2.32. The van der Waals surface area contributed by atoms with Crippen LogP contribution in [0, 0.1) is 0 Å². The molecule has 1 aromatic carbocycles. The molecule has 1 aliphatic heterocycles. The Hall–Kier alpha value is -2.08. The smallest absolute Gasteiger partial charge is 0.309 e. The summed E-state index contributed by atoms with van der Waals surface area (Å²) in [4.78, 5) is 22.9. The van der Waals surface area contributed by atoms with Crippen molar-refractivity contribution < 1.29 is 49.3 Å². The van der Waals surface area contributed by atoms with Gasteiger partial charge in [0.15, 0.2) is 12.4 Å². The fourth-order valence-electron chi connectivity index (χ4n) is 3.16. The van der Waals surface area contributed by atoms with E-state index in [1.54, 1.807) is 0 Å². The van der Waals surface area contributed by atoms with Crippen LogP contribution in [0.2, 0.25) is 0 Å². The monoisotopic (exact) mass is 428 g/mol. The molecular formula is C20H28O10. The minimum absolute atomic E-state index is 0.161. The van der Waals surface area contributed by atoms with E-state index in [-0.39, 0.29) is 6.61 Å². The lowest BCUT2D eigenvalue weighted by molar-refractivity contribution is -0.303. The van der Waals surface area contributed by atoms with Crippen LogP contribution in [0.4, 0.5) is 0 Å². The number of hydrogen-bond donors (Lipinski definition) is 5. The Balaban J connectivity index is 1.98. The minimum Gasteiger partial charge on any atom is -0.481 e. The summed E-state index contributed by atoms with van der Waals surface area (Å²) in [6.45, 7) is 0.705. The van der Waals surface area contributed by atoms with Crippen LogP contribution in [0.1, 0.15) is 25.3 Å². The van der Waals surface area contributed by atoms with Crippen LogP contribution in [-0.2, 0) is 30.2 Å². The Kier molecular flexibility index (Phi) is 8.71. The molecule has 5 N–H and O–H groups in total. The predicted molar refractivity (Wildman–Crippen MR) is 101 cm³/mol. The van der Waals surface area contributed by atoms with Gasteiger partial charge >= 0.3 is 11.9 Å². The highest BCUT2D eigenvalue weighted by Crippen LogP contribution is 2.26. The Morgan fingerprint density at radius 1 is 1.13 bits per heavy atom. The van der Waals surface area contributed by atoms with E-state index in [4.69, 9.17) is 19.3 Å². The van der Waals surface area contributed by atoms with Crippen molar-refractivity contribution >= 4 is 11.9 Å². The summed E-state index contributed by atoms with van der Waals surface area (Å²) in [6, 6.07) is 9.41. The summed E-state index contributed by atoms with van der Waals surface area (Å²) < 4.78 is 16.0. The molecule has 2 rings (SSSR count). The van der Waals surface area contributed by atoms with Gasteiger partial charge in [-0.15, -0.1) is 0 Å². The van der Waals surface area contributed by atoms with E-state index >= 15 is 0 Å². The van der Waals surface area contributed by atoms with E-state index in [0.717, 1.165) is 12.5 Å². The van der Waals surface area contributed by atoms with Crippen molar-refractivity contribution in [3.63, 3.8) is 0 Å². The summed E-state index contributed by atoms with van der Waals surface area (Å²) in [7, 11) is 0. The van der Waals surface area contributed by atoms with Crippen molar-refractivity contribution in [2.24, 2.45) is 0 Å². The lowest BCUT2D eigenvalue weighted by Crippen LogP contribution is -2.60. The summed E-state index contributed by atoms with van der Waals surface area (Å²) in [5, 5.41) is 49.0. The topological polar surface area (TPSA) is 163 Å². The van der Waals surface area contributed by atoms with Crippen LogP contribution >= 0.6 is 0 Å². The van der Waals surface area contributed by atoms with Gasteiger partial charge in [-0.2, -0.15) is 0 Å². The number of benzene rings is 1. The number of hydrogen-bond acceptors (Lipinski definition) is 9. The van der Waals surface area contributed by atoms with Crippen molar-refractivity contribution in [1.29, 1.82) is 0 Å². The molecule has 0 aromatic heterocycles. The fourth-order valence-corrected chi connectivity index (χ4v) is 3.16. The number of esters is 1. The molecule has 0 bridgehead atoms. The summed E-state index contributed by atoms with van der Waals surface area (Å²) in [5.41, 5.74) is -0.878. The van der Waals surface area contributed by atoms with Crippen LogP contribution < -0.4 is 0 Å². The number of aliphatic hydroxyl groups excluding tert-OH is 3. The molecular weight excluding hydrogens is 400 g/mol. The van der Waals surface area contributed by atoms with E-state index < -0.39 is 67.7 Å². The van der Waals surface area contributed by atoms with Gasteiger partial charge in [0, 0.05) is 0 Å². The Bertz CT molecular complexity index is 692. The SMILES string of the molecule is C[C@@](O)(CC(=O)O)CC(=O)O[C@@H]1[C@@H](O)[C@H](OCCc2ccccc2)O[C@H](CO)[C@H]1O. The van der Waals surface area contributed by atoms with Gasteiger partial charge in [-0.05, 0) is 18.9 Å². The molecule has 0 spiro atoms. The lowest BCUT2D eigenvalue weighted by atomic mass is 9.97. The lowest BCUT2D eigenvalue weighted by Gasteiger charge is -2.41. The molecule has 1 saturated heterocycles. The number of rotatable bonds is 10. The highest BCUT2D eigenvalue weighted by atomic mass is 16.7. The third kappa shape index (κ3) is 7.01. The second-order valence-corrected chi connectivity index (χ2v) is 7.51. The molecule has 1 heterocycles. The molecule has 6 atom stereocenters. The zero-order valence-corrected chi connectivity index (χ0v) is 16.6. The van der Waals surface area contributed by atoms with Crippen molar-refractivity contribution in [3.8, 4) is 0 Å². The first-order valence-electron chi connectivity index (χ1n) is 9.54. The quantitative estimate of drug-likeness (QED) is 0.299. The van der Waals surface area contributed by atoms with Gasteiger partial charge in [0.05, 0.1) is 31.7 Å². The van der Waals surface area contributed by atoms with Gasteiger partial charge < -0.3 is 39.7 Å². The second-order valence-electron chi connectivity index (χ2n) is 7.51. The predicted octanol–water partition coefficient (Wildman–Crippen LogP) is -0.788. The average molecular weight is 428 g/mol. The maximum absolute atomic E-state index is 12.2. The number of aliphatic hydroxyl groups is 4. The molecule has 10 nitrogen and oxygen atoms in total. The van der Waals surface area contributed by atoms with Gasteiger partial charge in [-0.3, -0.25) is 9.59 Å². The molecule has 0 saturated carbocycles. The van der Waals surface area contributed by atoms with Gasteiger partial charge in [0.2, 0.25) is 0 Å². The van der Waals surface area contributed by atoms with Crippen LogP contribution in [0.15, 0.2) is 30.3 Å². The first kappa shape index (κ1) is 24.2. The van der Waals surface area contributed by atoms with Crippen molar-refractivity contribution in [3.05, 3.63) is 35.9 Å². The number of carboxylic acids is 1. The van der Waals surface area contributed by atoms with Crippen LogP contribution in [0.3, 0.4) is 0 Å². The van der Waals surface area contributed by atoms with Crippen LogP contribution in [0.5, 0.6) is 0 Å². The van der Waals surface area contributed by atoms with Gasteiger partial charge in [0.25, 0.3) is 0 Å². The van der Waals surface area contributed by atoms with E-state index in [2.05, 4.69) is 0 Å². The van der Waals surface area contributed by atoms with Crippen molar-refractivity contribution in [2.75, 3.05) is 13.2 Å². The van der Waals surface area contributed by atoms with E-state index in [0.29, 0.717) is 6.42 Å². The minimum atomic E-state index is -1.87. The molecule has 1 fully saturated rings. The van der Waals surface area contributed by atoms with Crippen LogP contribution in [0.25, 0.3) is 0 Å². The Morgan fingerprint density at radius 3 is 2.40 bits per heavy atom. The van der Waals surface area contributed by atoms with Gasteiger partial charge in [-0.1, -0.05) is 30.3 Å². The fraction of sp³-hybridized carbons (Fsp3) is 0.600. The standard InChI is InChI=1S/C20H28O10/c1-20(27,9-14(22)23)10-15(24)30-18-16(25)13(11-21)29-19(17(18)26)28-8-7-12-5-3-2-4-6-12/h2-6,13,16-19,21,25-27H,7-11H2,1H3,(H,22,23)/t13-,16-,17-,18+,19-,20-/m1/s1. The number of carbonyl (C=O) groups is 2. The molecule has 0 unspecified atom stereocenters. The molecule has 1 aliphatic rings. The first-order valence-corrected chi connectivity index (χ1v) is 9.54. The van der Waals surface area contributed by atoms with Gasteiger partial charge in [0.1, 0.15) is 18.3 Å². The summed E-state index contributed by atoms with van der Waals surface area (Å²) >= 11 is 0. The average Bonchev–Trinajstić information content (AvgIpc) is 2.66. The Morgan fingerprint density at radius 2 is 1.80 bits per heavy atom. The van der Waals surface area contributed by atoms with Crippen LogP contribution in [-0.4, -0.2) is 87.0 Å². The maximum Gasteiger partial charge on any atom is 0.309 e. The maximum atomic E-state index is 12.2. The molecule has 30 heavy (non-hydrogen) atoms. The third-order valence-electron chi connectivity index (χ3n) is 4.66. The molecule has 10 heteroatoms. The van der Waals surface area contributed by atoms with E-state index in [9.17, 15) is 30.0 Å². The summed E-state index contributed by atoms with van der Waals surface area (Å²) in [6.07, 6.45) is -7.89. The third-order valence-corrected chi connectivity index (χ3v) is 4.66. The number of ether oxygens (including phenoxy) is 3. The van der Waals surface area contributed by atoms with E-state index in [1.165, 1.54) is 0 Å². The zero-order valence-electron chi connectivity index (χ0n) is 16.6. The van der Waals surface area contributed by atoms with Crippen molar-refractivity contribution in [1.82, 2.24) is 0 Å². The number of carbonyl (C=O) groups excluding carboxylic acids is 1. The molecule has 168 valence electrons. The van der Waals surface area contributed by atoms with Crippen molar-refractivity contribution in [2.45, 2.75) is 62.5 Å². The normalized spacial score (nSPS) is 28.5. The number of aliphatic carboxylic acids is 1. The largest absolute Gasteiger partial charge is 0.481 e. The second kappa shape index (κ2) is 10.8. The first-order chi connectivity index (χ1) is 14.1. The molecule has 0 amide bonds. The Labute approximate surface area is 173 Å². The molecule has 0 aliphatic carbocycles. The zero-order chi connectivity index (χ0) is 22.3. The molecule has 0 radical (unpaired) electrons.